The zero-order chi connectivity index (χ0) is 15.2. The monoisotopic (exact) mass is 302 g/mol. The van der Waals surface area contributed by atoms with Gasteiger partial charge in [0.05, 0.1) is 11.4 Å². The molecule has 21 heavy (non-hydrogen) atoms. The van der Waals surface area contributed by atoms with Gasteiger partial charge in [-0.1, -0.05) is 29.8 Å². The van der Waals surface area contributed by atoms with Gasteiger partial charge in [-0.3, -0.25) is 4.90 Å². The highest BCUT2D eigenvalue weighted by Gasteiger charge is 2.40. The van der Waals surface area contributed by atoms with Crippen molar-refractivity contribution in [1.29, 1.82) is 0 Å². The number of rotatable bonds is 1. The molecule has 3 rings (SSSR count). The first-order valence-corrected chi connectivity index (χ1v) is 7.85. The molecule has 0 radical (unpaired) electrons. The summed E-state index contributed by atoms with van der Waals surface area (Å²) in [5.74, 6) is 0. The second-order valence-corrected chi connectivity index (χ2v) is 6.67. The van der Waals surface area contributed by atoms with Crippen LogP contribution in [0.1, 0.15) is 5.56 Å². The maximum absolute atomic E-state index is 12.7. The van der Waals surface area contributed by atoms with Gasteiger partial charge >= 0.3 is 6.03 Å². The third-order valence-electron chi connectivity index (χ3n) is 3.47. The van der Waals surface area contributed by atoms with Gasteiger partial charge in [0.15, 0.2) is 0 Å². The number of sulfonamides is 1. The Hall–Kier alpha value is -2.34. The van der Waals surface area contributed by atoms with E-state index in [0.29, 0.717) is 11.4 Å². The molecule has 2 aromatic rings. The number of hydrogen-bond acceptors (Lipinski definition) is 3. The molecule has 0 saturated carbocycles. The van der Waals surface area contributed by atoms with E-state index in [1.165, 1.54) is 11.0 Å². The fourth-order valence-electron chi connectivity index (χ4n) is 2.32. The van der Waals surface area contributed by atoms with Crippen molar-refractivity contribution in [3.63, 3.8) is 0 Å². The number of nitrogens with zero attached hydrogens (tertiary/aromatic N) is 2. The van der Waals surface area contributed by atoms with Gasteiger partial charge in [0.1, 0.15) is 4.90 Å². The molecular weight excluding hydrogens is 288 g/mol. The average molecular weight is 302 g/mol. The number of para-hydroxylation sites is 1. The zero-order valence-corrected chi connectivity index (χ0v) is 12.5. The topological polar surface area (TPSA) is 57.7 Å². The maximum Gasteiger partial charge on any atom is 0.342 e. The third-order valence-corrected chi connectivity index (χ3v) is 5.22. The molecular formula is C15H14N2O3S. The normalized spacial score (nSPS) is 16.8. The molecule has 1 aliphatic heterocycles. The second kappa shape index (κ2) is 4.60. The van der Waals surface area contributed by atoms with Crippen LogP contribution in [0.15, 0.2) is 53.4 Å². The van der Waals surface area contributed by atoms with Crippen LogP contribution in [0, 0.1) is 6.92 Å². The van der Waals surface area contributed by atoms with Crippen LogP contribution in [0.2, 0.25) is 0 Å². The number of fused-ring (bicyclic) bond motifs is 1. The minimum Gasteiger partial charge on any atom is -0.295 e. The van der Waals surface area contributed by atoms with E-state index in [4.69, 9.17) is 0 Å². The summed E-state index contributed by atoms with van der Waals surface area (Å²) in [5.41, 5.74) is 1.73. The molecule has 2 amide bonds. The summed E-state index contributed by atoms with van der Waals surface area (Å²) in [5, 5.41) is 0. The second-order valence-electron chi connectivity index (χ2n) is 4.91. The molecule has 1 aliphatic rings. The molecule has 0 aromatic heterocycles. The lowest BCUT2D eigenvalue weighted by Gasteiger charge is -2.34. The van der Waals surface area contributed by atoms with Gasteiger partial charge in [-0.2, -0.15) is 4.31 Å². The van der Waals surface area contributed by atoms with Crippen LogP contribution >= 0.6 is 0 Å². The number of aryl methyl sites for hydroxylation is 1. The number of carbonyl (C=O) groups is 1. The van der Waals surface area contributed by atoms with Crippen LogP contribution in [0.25, 0.3) is 0 Å². The van der Waals surface area contributed by atoms with Crippen LogP contribution in [-0.4, -0.2) is 21.5 Å². The minimum atomic E-state index is -3.89. The Balaban J connectivity index is 2.23. The van der Waals surface area contributed by atoms with Crippen LogP contribution in [0.4, 0.5) is 16.2 Å². The van der Waals surface area contributed by atoms with Crippen LogP contribution in [-0.2, 0) is 10.0 Å². The summed E-state index contributed by atoms with van der Waals surface area (Å²) in [4.78, 5) is 13.9. The highest BCUT2D eigenvalue weighted by molar-refractivity contribution is 7.94. The number of urea groups is 1. The lowest BCUT2D eigenvalue weighted by atomic mass is 10.2. The third kappa shape index (κ3) is 1.99. The van der Waals surface area contributed by atoms with Crippen molar-refractivity contribution in [2.45, 2.75) is 11.8 Å². The molecule has 108 valence electrons. The Bertz CT molecular complexity index is 813. The van der Waals surface area contributed by atoms with Gasteiger partial charge in [0, 0.05) is 7.05 Å². The lowest BCUT2D eigenvalue weighted by molar-refractivity contribution is 0.255. The van der Waals surface area contributed by atoms with E-state index in [9.17, 15) is 13.2 Å². The Labute approximate surface area is 123 Å². The smallest absolute Gasteiger partial charge is 0.295 e. The zero-order valence-electron chi connectivity index (χ0n) is 11.6. The van der Waals surface area contributed by atoms with E-state index in [1.54, 1.807) is 49.5 Å². The van der Waals surface area contributed by atoms with Gasteiger partial charge in [-0.15, -0.1) is 0 Å². The summed E-state index contributed by atoms with van der Waals surface area (Å²) in [7, 11) is -2.32. The summed E-state index contributed by atoms with van der Waals surface area (Å²) in [6.07, 6.45) is 0. The average Bonchev–Trinajstić information content (AvgIpc) is 2.47. The molecule has 1 heterocycles. The Morgan fingerprint density at radius 3 is 2.24 bits per heavy atom. The van der Waals surface area contributed by atoms with Crippen molar-refractivity contribution in [3.8, 4) is 0 Å². The highest BCUT2D eigenvalue weighted by Crippen LogP contribution is 2.36. The Morgan fingerprint density at radius 1 is 0.952 bits per heavy atom. The summed E-state index contributed by atoms with van der Waals surface area (Å²) in [6.45, 7) is 1.90. The standard InChI is InChI=1S/C15H14N2O3S/c1-11-7-9-12(10-8-11)17-15(18)16(2)13-5-3-4-6-14(13)21(17,19)20/h3-10H,1-2H3. The van der Waals surface area contributed by atoms with Gasteiger partial charge in [0.25, 0.3) is 10.0 Å². The first-order chi connectivity index (χ1) is 9.93. The number of hydrogen-bond donors (Lipinski definition) is 0. The molecule has 0 spiro atoms. The number of carbonyl (C=O) groups excluding carboxylic acids is 1. The first-order valence-electron chi connectivity index (χ1n) is 6.41. The largest absolute Gasteiger partial charge is 0.342 e. The van der Waals surface area contributed by atoms with Gasteiger partial charge in [0.2, 0.25) is 0 Å². The molecule has 2 aromatic carbocycles. The van der Waals surface area contributed by atoms with E-state index >= 15 is 0 Å². The number of amides is 2. The van der Waals surface area contributed by atoms with Crippen molar-refractivity contribution in [2.24, 2.45) is 0 Å². The molecule has 0 saturated heterocycles. The molecule has 5 nitrogen and oxygen atoms in total. The van der Waals surface area contributed by atoms with Crippen molar-refractivity contribution in [2.75, 3.05) is 16.3 Å². The quantitative estimate of drug-likeness (QED) is 0.814. The fourth-order valence-corrected chi connectivity index (χ4v) is 3.97. The van der Waals surface area contributed by atoms with Crippen LogP contribution in [0.5, 0.6) is 0 Å². The molecule has 0 aliphatic carbocycles. The van der Waals surface area contributed by atoms with E-state index in [0.717, 1.165) is 9.87 Å². The predicted molar refractivity (Wildman–Crippen MR) is 81.1 cm³/mol. The van der Waals surface area contributed by atoms with E-state index in [1.807, 2.05) is 6.92 Å². The van der Waals surface area contributed by atoms with Crippen LogP contribution < -0.4 is 9.21 Å². The Kier molecular flexibility index (Phi) is 2.98. The maximum atomic E-state index is 12.7. The number of anilines is 2. The number of benzene rings is 2. The van der Waals surface area contributed by atoms with Crippen molar-refractivity contribution in [3.05, 3.63) is 54.1 Å². The van der Waals surface area contributed by atoms with Crippen molar-refractivity contribution >= 4 is 27.4 Å². The molecule has 0 N–H and O–H groups in total. The summed E-state index contributed by atoms with van der Waals surface area (Å²) in [6, 6.07) is 12.7. The fraction of sp³-hybridized carbons (Fsp3) is 0.133. The van der Waals surface area contributed by atoms with Crippen LogP contribution in [0.3, 0.4) is 0 Å². The van der Waals surface area contributed by atoms with E-state index < -0.39 is 16.1 Å². The van der Waals surface area contributed by atoms with Crippen molar-refractivity contribution in [1.82, 2.24) is 0 Å². The lowest BCUT2D eigenvalue weighted by Crippen LogP contribution is -2.49. The highest BCUT2D eigenvalue weighted by atomic mass is 32.2. The summed E-state index contributed by atoms with van der Waals surface area (Å²) >= 11 is 0. The SMILES string of the molecule is Cc1ccc(N2C(=O)N(C)c3ccccc3S2(=O)=O)cc1. The first kappa shape index (κ1) is 13.6. The van der Waals surface area contributed by atoms with Gasteiger partial charge in [-0.25, -0.2) is 13.2 Å². The minimum absolute atomic E-state index is 0.132. The molecule has 6 heteroatoms. The molecule has 0 fully saturated rings. The Morgan fingerprint density at radius 2 is 1.57 bits per heavy atom. The molecule has 0 bridgehead atoms. The molecule has 0 unspecified atom stereocenters. The van der Waals surface area contributed by atoms with Gasteiger partial charge < -0.3 is 0 Å². The van der Waals surface area contributed by atoms with E-state index in [-0.39, 0.29) is 4.90 Å². The molecule has 0 atom stereocenters. The predicted octanol–water partition coefficient (Wildman–Crippen LogP) is 2.76. The van der Waals surface area contributed by atoms with Crippen molar-refractivity contribution < 1.29 is 13.2 Å². The summed E-state index contributed by atoms with van der Waals surface area (Å²) < 4.78 is 26.3. The van der Waals surface area contributed by atoms with E-state index in [2.05, 4.69) is 0 Å². The van der Waals surface area contributed by atoms with Gasteiger partial charge in [-0.05, 0) is 31.2 Å².